The molecule has 0 bridgehead atoms. The largest absolute Gasteiger partial charge is 0.385 e. The Hall–Kier alpha value is -2.63. The molecule has 0 aliphatic carbocycles. The standard InChI is InChI=1S/C13H13N5O/c1-2-4-10(5-3-1)14-7-6-11-17-13(18-19-11)12-15-8-9-16-12/h1-5,8-9,14H,6-7H2,(H,15,16). The molecule has 19 heavy (non-hydrogen) atoms. The van der Waals surface area contributed by atoms with Gasteiger partial charge in [-0.1, -0.05) is 23.4 Å². The number of hydrogen-bond acceptors (Lipinski definition) is 5. The molecular formula is C13H13N5O. The summed E-state index contributed by atoms with van der Waals surface area (Å²) in [6.45, 7) is 0.740. The van der Waals surface area contributed by atoms with Gasteiger partial charge in [0.05, 0.1) is 0 Å². The molecule has 0 unspecified atom stereocenters. The average Bonchev–Trinajstić information content (AvgIpc) is 3.10. The summed E-state index contributed by atoms with van der Waals surface area (Å²) in [6, 6.07) is 10.00. The number of nitrogens with one attached hydrogen (secondary N) is 2. The second kappa shape index (κ2) is 5.34. The third kappa shape index (κ3) is 2.79. The fourth-order valence-electron chi connectivity index (χ4n) is 1.71. The zero-order valence-corrected chi connectivity index (χ0v) is 10.2. The van der Waals surface area contributed by atoms with Gasteiger partial charge in [-0.2, -0.15) is 4.98 Å². The van der Waals surface area contributed by atoms with E-state index in [0.29, 0.717) is 24.0 Å². The van der Waals surface area contributed by atoms with Gasteiger partial charge in [0.15, 0.2) is 5.82 Å². The number of nitrogens with zero attached hydrogens (tertiary/aromatic N) is 3. The Bertz CT molecular complexity index is 618. The van der Waals surface area contributed by atoms with Gasteiger partial charge in [-0.05, 0) is 12.1 Å². The molecule has 0 aliphatic heterocycles. The number of hydrogen-bond donors (Lipinski definition) is 2. The molecule has 6 heteroatoms. The van der Waals surface area contributed by atoms with Crippen LogP contribution in [0, 0.1) is 0 Å². The van der Waals surface area contributed by atoms with Crippen molar-refractivity contribution in [2.24, 2.45) is 0 Å². The molecule has 0 fully saturated rings. The number of benzene rings is 1. The number of rotatable bonds is 5. The zero-order chi connectivity index (χ0) is 12.9. The smallest absolute Gasteiger partial charge is 0.238 e. The van der Waals surface area contributed by atoms with E-state index in [9.17, 15) is 0 Å². The highest BCUT2D eigenvalue weighted by molar-refractivity contribution is 5.42. The topological polar surface area (TPSA) is 79.6 Å². The Kier molecular flexibility index (Phi) is 3.22. The van der Waals surface area contributed by atoms with Crippen LogP contribution in [0.2, 0.25) is 0 Å². The minimum atomic E-state index is 0.486. The van der Waals surface area contributed by atoms with Crippen molar-refractivity contribution >= 4 is 5.69 Å². The average molecular weight is 255 g/mol. The Morgan fingerprint density at radius 1 is 1.21 bits per heavy atom. The van der Waals surface area contributed by atoms with Crippen molar-refractivity contribution in [1.82, 2.24) is 20.1 Å². The van der Waals surface area contributed by atoms with Crippen molar-refractivity contribution in [3.05, 3.63) is 48.6 Å². The van der Waals surface area contributed by atoms with Gasteiger partial charge in [-0.25, -0.2) is 4.98 Å². The van der Waals surface area contributed by atoms with E-state index in [1.165, 1.54) is 0 Å². The number of H-pyrrole nitrogens is 1. The molecule has 2 aromatic heterocycles. The summed E-state index contributed by atoms with van der Waals surface area (Å²) < 4.78 is 5.17. The molecule has 1 aromatic carbocycles. The lowest BCUT2D eigenvalue weighted by Gasteiger charge is -2.02. The summed E-state index contributed by atoms with van der Waals surface area (Å²) in [5.41, 5.74) is 1.08. The van der Waals surface area contributed by atoms with Crippen LogP contribution in [0.15, 0.2) is 47.2 Å². The van der Waals surface area contributed by atoms with Gasteiger partial charge in [0, 0.05) is 31.0 Å². The molecule has 3 rings (SSSR count). The summed E-state index contributed by atoms with van der Waals surface area (Å²) in [7, 11) is 0. The highest BCUT2D eigenvalue weighted by atomic mass is 16.5. The maximum Gasteiger partial charge on any atom is 0.238 e. The molecule has 6 nitrogen and oxygen atoms in total. The third-order valence-electron chi connectivity index (χ3n) is 2.62. The van der Waals surface area contributed by atoms with E-state index >= 15 is 0 Å². The summed E-state index contributed by atoms with van der Waals surface area (Å²) >= 11 is 0. The van der Waals surface area contributed by atoms with E-state index in [-0.39, 0.29) is 0 Å². The van der Waals surface area contributed by atoms with Crippen LogP contribution in [-0.4, -0.2) is 26.7 Å². The van der Waals surface area contributed by atoms with E-state index < -0.39 is 0 Å². The molecule has 0 saturated heterocycles. The quantitative estimate of drug-likeness (QED) is 0.730. The van der Waals surface area contributed by atoms with E-state index in [1.807, 2.05) is 30.3 Å². The highest BCUT2D eigenvalue weighted by Crippen LogP contribution is 2.10. The molecule has 0 radical (unpaired) electrons. The highest BCUT2D eigenvalue weighted by Gasteiger charge is 2.09. The molecule has 2 N–H and O–H groups in total. The van der Waals surface area contributed by atoms with E-state index in [4.69, 9.17) is 4.52 Å². The Morgan fingerprint density at radius 2 is 2.11 bits per heavy atom. The summed E-state index contributed by atoms with van der Waals surface area (Å²) in [5, 5.41) is 7.16. The molecule has 0 saturated carbocycles. The van der Waals surface area contributed by atoms with Crippen LogP contribution in [0.25, 0.3) is 11.6 Å². The van der Waals surface area contributed by atoms with Crippen LogP contribution in [-0.2, 0) is 6.42 Å². The lowest BCUT2D eigenvalue weighted by molar-refractivity contribution is 0.381. The molecular weight excluding hydrogens is 242 g/mol. The fraction of sp³-hybridized carbons (Fsp3) is 0.154. The van der Waals surface area contributed by atoms with Crippen LogP contribution >= 0.6 is 0 Å². The maximum absolute atomic E-state index is 5.17. The van der Waals surface area contributed by atoms with Gasteiger partial charge in [0.25, 0.3) is 0 Å². The van der Waals surface area contributed by atoms with Crippen LogP contribution in [0.1, 0.15) is 5.89 Å². The first kappa shape index (κ1) is 11.5. The molecule has 0 aliphatic rings. The lowest BCUT2D eigenvalue weighted by atomic mass is 10.3. The fourth-order valence-corrected chi connectivity index (χ4v) is 1.71. The number of imidazole rings is 1. The van der Waals surface area contributed by atoms with Crippen molar-refractivity contribution in [2.45, 2.75) is 6.42 Å². The Morgan fingerprint density at radius 3 is 2.89 bits per heavy atom. The van der Waals surface area contributed by atoms with Gasteiger partial charge in [-0.15, -0.1) is 0 Å². The first-order chi connectivity index (χ1) is 9.42. The lowest BCUT2D eigenvalue weighted by Crippen LogP contribution is -2.04. The summed E-state index contributed by atoms with van der Waals surface area (Å²) in [4.78, 5) is 11.3. The van der Waals surface area contributed by atoms with Crippen LogP contribution in [0.3, 0.4) is 0 Å². The van der Waals surface area contributed by atoms with Gasteiger partial charge in [-0.3, -0.25) is 0 Å². The van der Waals surface area contributed by atoms with Gasteiger partial charge >= 0.3 is 0 Å². The number of aromatic amines is 1. The SMILES string of the molecule is c1ccc(NCCc2nc(-c3ncc[nH]3)no2)cc1. The number of anilines is 1. The van der Waals surface area contributed by atoms with E-state index in [0.717, 1.165) is 12.2 Å². The second-order valence-corrected chi connectivity index (χ2v) is 3.99. The van der Waals surface area contributed by atoms with Crippen LogP contribution in [0.4, 0.5) is 5.69 Å². The minimum Gasteiger partial charge on any atom is -0.385 e. The molecule has 96 valence electrons. The van der Waals surface area contributed by atoms with Crippen molar-refractivity contribution in [3.8, 4) is 11.6 Å². The second-order valence-electron chi connectivity index (χ2n) is 3.99. The van der Waals surface area contributed by atoms with Crippen molar-refractivity contribution in [2.75, 3.05) is 11.9 Å². The third-order valence-corrected chi connectivity index (χ3v) is 2.62. The van der Waals surface area contributed by atoms with Crippen LogP contribution < -0.4 is 5.32 Å². The minimum absolute atomic E-state index is 0.486. The Balaban J connectivity index is 1.56. The molecule has 0 atom stereocenters. The maximum atomic E-state index is 5.17. The van der Waals surface area contributed by atoms with E-state index in [1.54, 1.807) is 12.4 Å². The summed E-state index contributed by atoms with van der Waals surface area (Å²) in [6.07, 6.45) is 4.05. The monoisotopic (exact) mass is 255 g/mol. The predicted octanol–water partition coefficient (Wildman–Crippen LogP) is 2.11. The summed E-state index contributed by atoms with van der Waals surface area (Å²) in [5.74, 6) is 1.69. The van der Waals surface area contributed by atoms with Gasteiger partial charge < -0.3 is 14.8 Å². The van der Waals surface area contributed by atoms with Crippen LogP contribution in [0.5, 0.6) is 0 Å². The van der Waals surface area contributed by atoms with Crippen molar-refractivity contribution in [1.29, 1.82) is 0 Å². The van der Waals surface area contributed by atoms with E-state index in [2.05, 4.69) is 25.4 Å². The Labute approximate surface area is 109 Å². The number of aromatic nitrogens is 4. The predicted molar refractivity (Wildman–Crippen MR) is 70.5 cm³/mol. The first-order valence-corrected chi connectivity index (χ1v) is 6.03. The zero-order valence-electron chi connectivity index (χ0n) is 10.2. The first-order valence-electron chi connectivity index (χ1n) is 6.03. The molecule has 2 heterocycles. The molecule has 0 spiro atoms. The molecule has 0 amide bonds. The van der Waals surface area contributed by atoms with Gasteiger partial charge in [0.1, 0.15) is 0 Å². The molecule has 3 aromatic rings. The normalized spacial score (nSPS) is 10.5. The number of para-hydroxylation sites is 1. The van der Waals surface area contributed by atoms with Crippen molar-refractivity contribution < 1.29 is 4.52 Å². The van der Waals surface area contributed by atoms with Crippen molar-refractivity contribution in [3.63, 3.8) is 0 Å². The van der Waals surface area contributed by atoms with Gasteiger partial charge in [0.2, 0.25) is 11.7 Å².